The van der Waals surface area contributed by atoms with Crippen molar-refractivity contribution in [1.29, 1.82) is 0 Å². The number of rotatable bonds is 3. The molecule has 0 aliphatic carbocycles. The van der Waals surface area contributed by atoms with Gasteiger partial charge < -0.3 is 14.5 Å². The number of morpholine rings is 1. The molecule has 2 aromatic rings. The fraction of sp³-hybridized carbons (Fsp3) is 0.500. The molecular formula is C22H28N4O3. The molecule has 2 fully saturated rings. The van der Waals surface area contributed by atoms with Crippen LogP contribution in [0, 0.1) is 13.8 Å². The first-order valence-electron chi connectivity index (χ1n) is 10.2. The minimum atomic E-state index is -0.396. The summed E-state index contributed by atoms with van der Waals surface area (Å²) in [7, 11) is 1.85. The summed E-state index contributed by atoms with van der Waals surface area (Å²) >= 11 is 0. The van der Waals surface area contributed by atoms with Crippen LogP contribution < -0.4 is 0 Å². The molecule has 7 nitrogen and oxygen atoms in total. The lowest BCUT2D eigenvalue weighted by Gasteiger charge is -2.32. The quantitative estimate of drug-likeness (QED) is 0.797. The van der Waals surface area contributed by atoms with Gasteiger partial charge in [0.1, 0.15) is 6.04 Å². The standard InChI is InChI=1S/C22H28N4O3/c1-15-6-7-17(13-16(15)2)20-14-18(23-24(20)3)21(27)26-8-4-5-19(26)22(28)25-9-11-29-12-10-25/h6-7,13-14,19H,4-5,8-12H2,1-3H3/t19-/m1/s1. The number of hydrogen-bond acceptors (Lipinski definition) is 4. The van der Waals surface area contributed by atoms with Crippen molar-refractivity contribution in [1.82, 2.24) is 19.6 Å². The van der Waals surface area contributed by atoms with Gasteiger partial charge in [-0.05, 0) is 49.9 Å². The molecule has 0 bridgehead atoms. The SMILES string of the molecule is Cc1ccc(-c2cc(C(=O)N3CCC[C@@H]3C(=O)N3CCOCC3)nn2C)cc1C. The molecule has 1 atom stereocenters. The molecule has 2 amide bonds. The molecule has 154 valence electrons. The van der Waals surface area contributed by atoms with Gasteiger partial charge in [0.25, 0.3) is 5.91 Å². The topological polar surface area (TPSA) is 67.7 Å². The van der Waals surface area contributed by atoms with E-state index in [1.807, 2.05) is 24.1 Å². The fourth-order valence-corrected chi connectivity index (χ4v) is 4.15. The second-order valence-corrected chi connectivity index (χ2v) is 7.93. The van der Waals surface area contributed by atoms with Gasteiger partial charge in [0, 0.05) is 32.2 Å². The van der Waals surface area contributed by atoms with Gasteiger partial charge in [-0.1, -0.05) is 12.1 Å². The van der Waals surface area contributed by atoms with E-state index in [-0.39, 0.29) is 11.8 Å². The molecule has 7 heteroatoms. The number of likely N-dealkylation sites (tertiary alicyclic amines) is 1. The summed E-state index contributed by atoms with van der Waals surface area (Å²) in [5.41, 5.74) is 4.75. The molecule has 0 radical (unpaired) electrons. The van der Waals surface area contributed by atoms with Crippen LogP contribution in [-0.2, 0) is 16.6 Å². The third-order valence-corrected chi connectivity index (χ3v) is 6.02. The molecule has 0 unspecified atom stereocenters. The molecule has 29 heavy (non-hydrogen) atoms. The van der Waals surface area contributed by atoms with E-state index in [2.05, 4.69) is 31.1 Å². The first-order valence-corrected chi connectivity index (χ1v) is 10.2. The molecule has 2 aliphatic heterocycles. The predicted octanol–water partition coefficient (Wildman–Crippen LogP) is 2.17. The minimum Gasteiger partial charge on any atom is -0.378 e. The lowest BCUT2D eigenvalue weighted by molar-refractivity contribution is -0.139. The van der Waals surface area contributed by atoms with Crippen LogP contribution >= 0.6 is 0 Å². The van der Waals surface area contributed by atoms with Crippen molar-refractivity contribution in [2.75, 3.05) is 32.8 Å². The summed E-state index contributed by atoms with van der Waals surface area (Å²) in [6.07, 6.45) is 1.54. The van der Waals surface area contributed by atoms with Gasteiger partial charge >= 0.3 is 0 Å². The second kappa shape index (κ2) is 7.99. The summed E-state index contributed by atoms with van der Waals surface area (Å²) < 4.78 is 7.08. The molecule has 0 N–H and O–H groups in total. The predicted molar refractivity (Wildman–Crippen MR) is 110 cm³/mol. The van der Waals surface area contributed by atoms with Gasteiger partial charge in [-0.2, -0.15) is 5.10 Å². The molecule has 4 rings (SSSR count). The highest BCUT2D eigenvalue weighted by Gasteiger charge is 2.38. The van der Waals surface area contributed by atoms with Gasteiger partial charge in [0.15, 0.2) is 5.69 Å². The number of aryl methyl sites for hydroxylation is 3. The molecule has 3 heterocycles. The van der Waals surface area contributed by atoms with Gasteiger partial charge in [0.2, 0.25) is 5.91 Å². The second-order valence-electron chi connectivity index (χ2n) is 7.93. The summed E-state index contributed by atoms with van der Waals surface area (Å²) in [6.45, 7) is 7.06. The number of hydrogen-bond donors (Lipinski definition) is 0. The van der Waals surface area contributed by atoms with Crippen molar-refractivity contribution < 1.29 is 14.3 Å². The van der Waals surface area contributed by atoms with Crippen molar-refractivity contribution in [2.45, 2.75) is 32.7 Å². The van der Waals surface area contributed by atoms with Crippen LogP contribution in [0.2, 0.25) is 0 Å². The Balaban J connectivity index is 1.56. The Morgan fingerprint density at radius 2 is 1.83 bits per heavy atom. The van der Waals surface area contributed by atoms with E-state index >= 15 is 0 Å². The smallest absolute Gasteiger partial charge is 0.275 e. The lowest BCUT2D eigenvalue weighted by Crippen LogP contribution is -2.51. The van der Waals surface area contributed by atoms with Gasteiger partial charge in [0.05, 0.1) is 18.9 Å². The number of aromatic nitrogens is 2. The zero-order valence-corrected chi connectivity index (χ0v) is 17.4. The minimum absolute atomic E-state index is 0.0319. The Labute approximate surface area is 171 Å². The van der Waals surface area contributed by atoms with Crippen LogP contribution in [0.15, 0.2) is 24.3 Å². The number of benzene rings is 1. The number of carbonyl (C=O) groups is 2. The summed E-state index contributed by atoms with van der Waals surface area (Å²) in [6, 6.07) is 7.68. The van der Waals surface area contributed by atoms with Crippen molar-refractivity contribution >= 4 is 11.8 Å². The van der Waals surface area contributed by atoms with Crippen LogP contribution in [0.25, 0.3) is 11.3 Å². The average molecular weight is 396 g/mol. The van der Waals surface area contributed by atoms with Crippen molar-refractivity contribution in [3.63, 3.8) is 0 Å². The Morgan fingerprint density at radius 1 is 1.07 bits per heavy atom. The first-order chi connectivity index (χ1) is 14.0. The van der Waals surface area contributed by atoms with Gasteiger partial charge in [-0.25, -0.2) is 0 Å². The van der Waals surface area contributed by atoms with Crippen LogP contribution in [0.5, 0.6) is 0 Å². The summed E-state index contributed by atoms with van der Waals surface area (Å²) in [5, 5.41) is 4.47. The van der Waals surface area contributed by atoms with E-state index in [9.17, 15) is 9.59 Å². The zero-order valence-electron chi connectivity index (χ0n) is 17.4. The Hall–Kier alpha value is -2.67. The number of carbonyl (C=O) groups excluding carboxylic acids is 2. The molecule has 1 aromatic heterocycles. The highest BCUT2D eigenvalue weighted by Crippen LogP contribution is 2.26. The van der Waals surface area contributed by atoms with Crippen LogP contribution in [0.3, 0.4) is 0 Å². The number of ether oxygens (including phenoxy) is 1. The molecule has 0 spiro atoms. The largest absolute Gasteiger partial charge is 0.378 e. The maximum absolute atomic E-state index is 13.2. The maximum Gasteiger partial charge on any atom is 0.275 e. The van der Waals surface area contributed by atoms with E-state index in [1.54, 1.807) is 9.58 Å². The fourth-order valence-electron chi connectivity index (χ4n) is 4.15. The maximum atomic E-state index is 13.2. The number of amides is 2. The first kappa shape index (κ1) is 19.6. The molecule has 1 aromatic carbocycles. The van der Waals surface area contributed by atoms with Gasteiger partial charge in [-0.3, -0.25) is 14.3 Å². The molecule has 2 aliphatic rings. The number of nitrogens with zero attached hydrogens (tertiary/aromatic N) is 4. The van der Waals surface area contributed by atoms with E-state index in [4.69, 9.17) is 4.74 Å². The third kappa shape index (κ3) is 3.79. The van der Waals surface area contributed by atoms with Crippen LogP contribution in [0.4, 0.5) is 0 Å². The van der Waals surface area contributed by atoms with Crippen molar-refractivity contribution in [3.8, 4) is 11.3 Å². The highest BCUT2D eigenvalue weighted by molar-refractivity contribution is 5.97. The third-order valence-electron chi connectivity index (χ3n) is 6.02. The molecule has 2 saturated heterocycles. The molecular weight excluding hydrogens is 368 g/mol. The van der Waals surface area contributed by atoms with E-state index in [0.717, 1.165) is 17.7 Å². The summed E-state index contributed by atoms with van der Waals surface area (Å²) in [4.78, 5) is 29.7. The van der Waals surface area contributed by atoms with E-state index in [0.29, 0.717) is 45.0 Å². The Morgan fingerprint density at radius 3 is 2.55 bits per heavy atom. The Kier molecular flexibility index (Phi) is 5.41. The highest BCUT2D eigenvalue weighted by atomic mass is 16.5. The zero-order chi connectivity index (χ0) is 20.5. The molecule has 0 saturated carbocycles. The summed E-state index contributed by atoms with van der Waals surface area (Å²) in [5.74, 6) is -0.135. The van der Waals surface area contributed by atoms with E-state index in [1.165, 1.54) is 11.1 Å². The monoisotopic (exact) mass is 396 g/mol. The van der Waals surface area contributed by atoms with Crippen molar-refractivity contribution in [3.05, 3.63) is 41.1 Å². The normalized spacial score (nSPS) is 19.6. The van der Waals surface area contributed by atoms with Gasteiger partial charge in [-0.15, -0.1) is 0 Å². The van der Waals surface area contributed by atoms with Crippen molar-refractivity contribution in [2.24, 2.45) is 7.05 Å². The Bertz CT molecular complexity index is 930. The van der Waals surface area contributed by atoms with Crippen LogP contribution in [0.1, 0.15) is 34.5 Å². The van der Waals surface area contributed by atoms with Crippen LogP contribution in [-0.4, -0.2) is 70.3 Å². The van der Waals surface area contributed by atoms with E-state index < -0.39 is 6.04 Å². The average Bonchev–Trinajstić information content (AvgIpc) is 3.37. The lowest BCUT2D eigenvalue weighted by atomic mass is 10.0.